The fraction of sp³-hybridized carbons (Fsp3) is 0.588. The maximum absolute atomic E-state index is 12.2. The second-order valence-electron chi connectivity index (χ2n) is 5.74. The minimum atomic E-state index is 0.108. The van der Waals surface area contributed by atoms with E-state index in [-0.39, 0.29) is 11.7 Å². The number of nitrogens with zero attached hydrogens (tertiary/aromatic N) is 2. The van der Waals surface area contributed by atoms with Gasteiger partial charge in [-0.3, -0.25) is 9.69 Å². The number of aromatic hydroxyl groups is 1. The van der Waals surface area contributed by atoms with Crippen molar-refractivity contribution in [3.05, 3.63) is 24.3 Å². The minimum absolute atomic E-state index is 0.108. The molecule has 0 spiro atoms. The number of carbonyl (C=O) groups is 1. The van der Waals surface area contributed by atoms with Crippen LogP contribution in [0.5, 0.6) is 11.5 Å². The Balaban J connectivity index is 1.71. The molecular formula is C17H26N2O3. The van der Waals surface area contributed by atoms with E-state index in [4.69, 9.17) is 4.74 Å². The Morgan fingerprint density at radius 3 is 2.59 bits per heavy atom. The number of hydrogen-bond donors (Lipinski definition) is 1. The Kier molecular flexibility index (Phi) is 6.07. The van der Waals surface area contributed by atoms with Crippen molar-refractivity contribution in [2.24, 2.45) is 0 Å². The first-order chi connectivity index (χ1) is 10.6. The van der Waals surface area contributed by atoms with Crippen molar-refractivity contribution in [2.45, 2.75) is 32.7 Å². The monoisotopic (exact) mass is 306 g/mol. The van der Waals surface area contributed by atoms with Gasteiger partial charge in [-0.2, -0.15) is 0 Å². The van der Waals surface area contributed by atoms with Crippen LogP contribution >= 0.6 is 0 Å². The second kappa shape index (κ2) is 8.03. The van der Waals surface area contributed by atoms with E-state index in [9.17, 15) is 9.90 Å². The quantitative estimate of drug-likeness (QED) is 0.874. The van der Waals surface area contributed by atoms with E-state index in [0.717, 1.165) is 32.6 Å². The van der Waals surface area contributed by atoms with Crippen molar-refractivity contribution in [1.29, 1.82) is 0 Å². The van der Waals surface area contributed by atoms with Gasteiger partial charge in [-0.15, -0.1) is 0 Å². The van der Waals surface area contributed by atoms with Gasteiger partial charge in [0.15, 0.2) is 11.5 Å². The maximum Gasteiger partial charge on any atom is 0.226 e. The molecule has 1 aliphatic rings. The van der Waals surface area contributed by atoms with Crippen LogP contribution in [0.4, 0.5) is 0 Å². The van der Waals surface area contributed by atoms with Gasteiger partial charge in [0.1, 0.15) is 0 Å². The molecule has 122 valence electrons. The summed E-state index contributed by atoms with van der Waals surface area (Å²) in [6.45, 7) is 8.19. The third-order valence-corrected chi connectivity index (χ3v) is 4.32. The number of phenolic OH excluding ortho intramolecular Hbond substituents is 1. The molecule has 5 heteroatoms. The van der Waals surface area contributed by atoms with Crippen LogP contribution in [0, 0.1) is 0 Å². The molecule has 1 amide bonds. The molecule has 1 aromatic carbocycles. The lowest BCUT2D eigenvalue weighted by Crippen LogP contribution is -2.51. The van der Waals surface area contributed by atoms with Gasteiger partial charge in [-0.1, -0.05) is 19.1 Å². The van der Waals surface area contributed by atoms with Crippen LogP contribution in [-0.2, 0) is 4.79 Å². The molecule has 1 atom stereocenters. The molecule has 0 aromatic heterocycles. The highest BCUT2D eigenvalue weighted by molar-refractivity contribution is 5.76. The molecule has 1 unspecified atom stereocenters. The van der Waals surface area contributed by atoms with Gasteiger partial charge in [-0.25, -0.2) is 0 Å². The van der Waals surface area contributed by atoms with Crippen LogP contribution in [-0.4, -0.2) is 59.6 Å². The fourth-order valence-corrected chi connectivity index (χ4v) is 2.66. The van der Waals surface area contributed by atoms with E-state index < -0.39 is 0 Å². The Labute approximate surface area is 132 Å². The summed E-state index contributed by atoms with van der Waals surface area (Å²) in [5.74, 6) is 0.660. The topological polar surface area (TPSA) is 53.0 Å². The van der Waals surface area contributed by atoms with Crippen molar-refractivity contribution >= 4 is 5.91 Å². The number of ether oxygens (including phenoxy) is 1. The predicted molar refractivity (Wildman–Crippen MR) is 86.1 cm³/mol. The SMILES string of the molecule is CCC(C)N1CCN(C(=O)CCOc2ccccc2O)CC1. The number of rotatable bonds is 6. The molecule has 1 N–H and O–H groups in total. The first kappa shape index (κ1) is 16.6. The Morgan fingerprint density at radius 1 is 1.27 bits per heavy atom. The third-order valence-electron chi connectivity index (χ3n) is 4.32. The van der Waals surface area contributed by atoms with Gasteiger partial charge in [0.05, 0.1) is 13.0 Å². The second-order valence-corrected chi connectivity index (χ2v) is 5.74. The summed E-state index contributed by atoms with van der Waals surface area (Å²) in [6, 6.07) is 7.40. The lowest BCUT2D eigenvalue weighted by atomic mass is 10.2. The smallest absolute Gasteiger partial charge is 0.226 e. The molecule has 1 saturated heterocycles. The van der Waals surface area contributed by atoms with Gasteiger partial charge < -0.3 is 14.7 Å². The van der Waals surface area contributed by atoms with Gasteiger partial charge in [0.25, 0.3) is 0 Å². The molecule has 2 rings (SSSR count). The van der Waals surface area contributed by atoms with Crippen molar-refractivity contribution in [3.63, 3.8) is 0 Å². The lowest BCUT2D eigenvalue weighted by molar-refractivity contribution is -0.133. The predicted octanol–water partition coefficient (Wildman–Crippen LogP) is 2.10. The normalized spacial score (nSPS) is 17.3. The molecule has 22 heavy (non-hydrogen) atoms. The standard InChI is InChI=1S/C17H26N2O3/c1-3-14(2)18-9-11-19(12-10-18)17(21)8-13-22-16-7-5-4-6-15(16)20/h4-7,14,20H,3,8-13H2,1-2H3. The van der Waals surface area contributed by atoms with Crippen LogP contribution in [0.25, 0.3) is 0 Å². The minimum Gasteiger partial charge on any atom is -0.504 e. The summed E-state index contributed by atoms with van der Waals surface area (Å²) < 4.78 is 5.47. The van der Waals surface area contributed by atoms with Crippen molar-refractivity contribution in [1.82, 2.24) is 9.80 Å². The molecular weight excluding hydrogens is 280 g/mol. The number of amides is 1. The average Bonchev–Trinajstić information content (AvgIpc) is 2.56. The molecule has 5 nitrogen and oxygen atoms in total. The van der Waals surface area contributed by atoms with Crippen LogP contribution in [0.2, 0.25) is 0 Å². The zero-order chi connectivity index (χ0) is 15.9. The van der Waals surface area contributed by atoms with E-state index in [1.54, 1.807) is 24.3 Å². The van der Waals surface area contributed by atoms with Crippen molar-refractivity contribution in [3.8, 4) is 11.5 Å². The fourth-order valence-electron chi connectivity index (χ4n) is 2.66. The maximum atomic E-state index is 12.2. The van der Waals surface area contributed by atoms with Gasteiger partial charge in [0.2, 0.25) is 5.91 Å². The highest BCUT2D eigenvalue weighted by Crippen LogP contribution is 2.24. The number of carbonyl (C=O) groups excluding carboxylic acids is 1. The van der Waals surface area contributed by atoms with E-state index in [2.05, 4.69) is 18.7 Å². The third kappa shape index (κ3) is 4.37. The number of phenols is 1. The molecule has 1 heterocycles. The summed E-state index contributed by atoms with van der Waals surface area (Å²) in [5.41, 5.74) is 0. The van der Waals surface area contributed by atoms with Gasteiger partial charge >= 0.3 is 0 Å². The molecule has 1 fully saturated rings. The molecule has 0 radical (unpaired) electrons. The van der Waals surface area contributed by atoms with Crippen LogP contribution in [0.15, 0.2) is 24.3 Å². The van der Waals surface area contributed by atoms with E-state index in [1.165, 1.54) is 0 Å². The number of piperazine rings is 1. The number of benzene rings is 1. The largest absolute Gasteiger partial charge is 0.504 e. The Morgan fingerprint density at radius 2 is 1.95 bits per heavy atom. The molecule has 1 aliphatic heterocycles. The summed E-state index contributed by atoms with van der Waals surface area (Å²) in [4.78, 5) is 16.5. The van der Waals surface area contributed by atoms with Crippen molar-refractivity contribution < 1.29 is 14.6 Å². The number of hydrogen-bond acceptors (Lipinski definition) is 4. The van der Waals surface area contributed by atoms with Crippen LogP contribution in [0.1, 0.15) is 26.7 Å². The summed E-state index contributed by atoms with van der Waals surface area (Å²) in [6.07, 6.45) is 1.49. The van der Waals surface area contributed by atoms with Gasteiger partial charge in [-0.05, 0) is 25.5 Å². The molecule has 0 saturated carbocycles. The lowest BCUT2D eigenvalue weighted by Gasteiger charge is -2.37. The number of para-hydroxylation sites is 2. The van der Waals surface area contributed by atoms with E-state index >= 15 is 0 Å². The van der Waals surface area contributed by atoms with Crippen molar-refractivity contribution in [2.75, 3.05) is 32.8 Å². The summed E-state index contributed by atoms with van der Waals surface area (Å²) >= 11 is 0. The van der Waals surface area contributed by atoms with E-state index in [1.807, 2.05) is 4.90 Å². The van der Waals surface area contributed by atoms with Crippen LogP contribution < -0.4 is 4.74 Å². The average molecular weight is 306 g/mol. The van der Waals surface area contributed by atoms with Crippen LogP contribution in [0.3, 0.4) is 0 Å². The van der Waals surface area contributed by atoms with E-state index in [0.29, 0.717) is 24.8 Å². The summed E-state index contributed by atoms with van der Waals surface area (Å²) in [7, 11) is 0. The Bertz CT molecular complexity index is 485. The molecule has 0 bridgehead atoms. The molecule has 0 aliphatic carbocycles. The zero-order valence-electron chi connectivity index (χ0n) is 13.5. The first-order valence-electron chi connectivity index (χ1n) is 8.04. The highest BCUT2D eigenvalue weighted by atomic mass is 16.5. The summed E-state index contributed by atoms with van der Waals surface area (Å²) in [5, 5.41) is 9.60. The molecule has 1 aromatic rings. The Hall–Kier alpha value is -1.75. The van der Waals surface area contributed by atoms with Gasteiger partial charge in [0, 0.05) is 32.2 Å². The zero-order valence-corrected chi connectivity index (χ0v) is 13.5. The first-order valence-corrected chi connectivity index (χ1v) is 8.04. The highest BCUT2D eigenvalue weighted by Gasteiger charge is 2.23.